The summed E-state index contributed by atoms with van der Waals surface area (Å²) in [6, 6.07) is 4.24. The predicted octanol–water partition coefficient (Wildman–Crippen LogP) is 2.77. The van der Waals surface area contributed by atoms with Gasteiger partial charge in [-0.1, -0.05) is 13.8 Å². The molecule has 0 saturated heterocycles. The summed E-state index contributed by atoms with van der Waals surface area (Å²) >= 11 is 0. The van der Waals surface area contributed by atoms with Crippen molar-refractivity contribution in [3.63, 3.8) is 0 Å². The summed E-state index contributed by atoms with van der Waals surface area (Å²) < 4.78 is 4.15. The van der Waals surface area contributed by atoms with Gasteiger partial charge in [-0.25, -0.2) is 0 Å². The van der Waals surface area contributed by atoms with Crippen molar-refractivity contribution in [2.24, 2.45) is 5.92 Å². The number of hydrogen-bond acceptors (Lipinski definition) is 3. The molecule has 16 heavy (non-hydrogen) atoms. The van der Waals surface area contributed by atoms with Crippen LogP contribution < -0.4 is 0 Å². The van der Waals surface area contributed by atoms with E-state index < -0.39 is 0 Å². The summed E-state index contributed by atoms with van der Waals surface area (Å²) in [5.74, 6) is 0.733. The lowest BCUT2D eigenvalue weighted by Crippen LogP contribution is -1.94. The number of carbonyl (C=O) groups is 1. The maximum atomic E-state index is 9.18. The van der Waals surface area contributed by atoms with Crippen LogP contribution in [0.2, 0.25) is 0 Å². The molecule has 1 aromatic rings. The van der Waals surface area contributed by atoms with E-state index >= 15 is 0 Å². The Morgan fingerprint density at radius 3 is 2.56 bits per heavy atom. The van der Waals surface area contributed by atoms with Crippen LogP contribution >= 0.6 is 0 Å². The van der Waals surface area contributed by atoms with Crippen molar-refractivity contribution in [2.75, 3.05) is 6.61 Å². The van der Waals surface area contributed by atoms with Gasteiger partial charge in [0, 0.05) is 11.9 Å². The zero-order valence-electron chi connectivity index (χ0n) is 10.6. The van der Waals surface area contributed by atoms with Crippen LogP contribution in [-0.2, 0) is 16.0 Å². The Morgan fingerprint density at radius 2 is 2.19 bits per heavy atom. The molecule has 0 atom stereocenters. The van der Waals surface area contributed by atoms with Crippen molar-refractivity contribution in [3.8, 4) is 0 Å². The molecule has 0 unspecified atom stereocenters. The van der Waals surface area contributed by atoms with Crippen LogP contribution in [0.1, 0.15) is 32.0 Å². The first-order chi connectivity index (χ1) is 7.60. The van der Waals surface area contributed by atoms with Crippen LogP contribution in [0.5, 0.6) is 0 Å². The average molecular weight is 223 g/mol. The summed E-state index contributed by atoms with van der Waals surface area (Å²) in [5.41, 5.74) is 2.51. The van der Waals surface area contributed by atoms with Gasteiger partial charge in [0.25, 0.3) is 6.47 Å². The fourth-order valence-electron chi connectivity index (χ4n) is 1.27. The highest BCUT2D eigenvalue weighted by Gasteiger charge is 1.96. The van der Waals surface area contributed by atoms with E-state index in [4.69, 9.17) is 0 Å². The Balaban J connectivity index is 0.000000385. The molecule has 0 N–H and O–H groups in total. The smallest absolute Gasteiger partial charge is 0.293 e. The molecule has 0 amide bonds. The molecule has 3 heteroatoms. The Hall–Kier alpha value is -1.38. The first kappa shape index (κ1) is 14.6. The van der Waals surface area contributed by atoms with Gasteiger partial charge < -0.3 is 4.74 Å². The zero-order valence-corrected chi connectivity index (χ0v) is 10.6. The molecule has 0 spiro atoms. The number of hydrogen-bond donors (Lipinski definition) is 0. The maximum absolute atomic E-state index is 9.18. The maximum Gasteiger partial charge on any atom is 0.293 e. The van der Waals surface area contributed by atoms with Gasteiger partial charge in [-0.2, -0.15) is 0 Å². The molecule has 1 rings (SSSR count). The van der Waals surface area contributed by atoms with Gasteiger partial charge in [0.1, 0.15) is 0 Å². The largest absolute Gasteiger partial charge is 0.468 e. The topological polar surface area (TPSA) is 39.2 Å². The lowest BCUT2D eigenvalue weighted by Gasteiger charge is -2.04. The number of ether oxygens (including phenoxy) is 1. The SMILES string of the molecule is CCOC=O.Cc1cc(CC(C)C)ccn1. The molecule has 0 radical (unpaired) electrons. The average Bonchev–Trinajstić information content (AvgIpc) is 2.18. The van der Waals surface area contributed by atoms with E-state index in [2.05, 4.69) is 35.7 Å². The van der Waals surface area contributed by atoms with Crippen molar-refractivity contribution in [1.29, 1.82) is 0 Å². The van der Waals surface area contributed by atoms with Gasteiger partial charge >= 0.3 is 0 Å². The van der Waals surface area contributed by atoms with E-state index in [0.29, 0.717) is 13.1 Å². The number of aromatic nitrogens is 1. The molecule has 0 bridgehead atoms. The normalized spacial score (nSPS) is 9.31. The van der Waals surface area contributed by atoms with Gasteiger partial charge in [0.05, 0.1) is 6.61 Å². The third-order valence-corrected chi connectivity index (χ3v) is 1.84. The monoisotopic (exact) mass is 223 g/mol. The molecule has 3 nitrogen and oxygen atoms in total. The van der Waals surface area contributed by atoms with E-state index in [1.165, 1.54) is 5.56 Å². The minimum absolute atomic E-state index is 0.431. The Labute approximate surface area is 97.9 Å². The second kappa shape index (κ2) is 8.89. The number of carbonyl (C=O) groups excluding carboxylic acids is 1. The third-order valence-electron chi connectivity index (χ3n) is 1.84. The van der Waals surface area contributed by atoms with E-state index in [0.717, 1.165) is 18.0 Å². The summed E-state index contributed by atoms with van der Waals surface area (Å²) in [5, 5.41) is 0. The standard InChI is InChI=1S/C10H15N.C3H6O2/c1-8(2)6-10-4-5-11-9(3)7-10;1-2-5-3-4/h4-5,7-8H,6H2,1-3H3;3H,2H2,1H3. The molecule has 0 aliphatic carbocycles. The molecule has 0 saturated carbocycles. The second-order valence-corrected chi connectivity index (χ2v) is 3.96. The van der Waals surface area contributed by atoms with Crippen LogP contribution in [0.25, 0.3) is 0 Å². The second-order valence-electron chi connectivity index (χ2n) is 3.96. The van der Waals surface area contributed by atoms with Crippen molar-refractivity contribution in [3.05, 3.63) is 29.6 Å². The highest BCUT2D eigenvalue weighted by atomic mass is 16.5. The molecule has 0 aliphatic rings. The minimum atomic E-state index is 0.431. The first-order valence-electron chi connectivity index (χ1n) is 5.56. The molecular weight excluding hydrogens is 202 g/mol. The summed E-state index contributed by atoms with van der Waals surface area (Å²) in [6.07, 6.45) is 3.04. The van der Waals surface area contributed by atoms with Gasteiger partial charge in [-0.15, -0.1) is 0 Å². The quantitative estimate of drug-likeness (QED) is 0.737. The van der Waals surface area contributed by atoms with Crippen molar-refractivity contribution in [2.45, 2.75) is 34.1 Å². The Morgan fingerprint density at radius 1 is 1.50 bits per heavy atom. The lowest BCUT2D eigenvalue weighted by molar-refractivity contribution is -0.128. The van der Waals surface area contributed by atoms with Gasteiger partial charge in [-0.3, -0.25) is 9.78 Å². The van der Waals surface area contributed by atoms with Crippen molar-refractivity contribution in [1.82, 2.24) is 4.98 Å². The van der Waals surface area contributed by atoms with Gasteiger partial charge in [0.15, 0.2) is 0 Å². The van der Waals surface area contributed by atoms with E-state index in [-0.39, 0.29) is 0 Å². The van der Waals surface area contributed by atoms with Crippen LogP contribution in [0.3, 0.4) is 0 Å². The number of nitrogens with zero attached hydrogens (tertiary/aromatic N) is 1. The highest BCUT2D eigenvalue weighted by molar-refractivity contribution is 5.36. The minimum Gasteiger partial charge on any atom is -0.468 e. The van der Waals surface area contributed by atoms with E-state index in [1.54, 1.807) is 6.92 Å². The predicted molar refractivity (Wildman–Crippen MR) is 65.2 cm³/mol. The fraction of sp³-hybridized carbons (Fsp3) is 0.538. The van der Waals surface area contributed by atoms with Crippen LogP contribution in [0.15, 0.2) is 18.3 Å². The summed E-state index contributed by atoms with van der Waals surface area (Å²) in [7, 11) is 0. The number of rotatable bonds is 4. The number of aryl methyl sites for hydroxylation is 1. The Bertz CT molecular complexity index is 298. The van der Waals surface area contributed by atoms with E-state index in [1.807, 2.05) is 13.1 Å². The number of pyridine rings is 1. The summed E-state index contributed by atoms with van der Waals surface area (Å²) in [4.78, 5) is 13.3. The van der Waals surface area contributed by atoms with Crippen molar-refractivity contribution >= 4 is 6.47 Å². The lowest BCUT2D eigenvalue weighted by atomic mass is 10.0. The molecular formula is C13H21NO2. The molecule has 0 aromatic carbocycles. The van der Waals surface area contributed by atoms with Crippen molar-refractivity contribution < 1.29 is 9.53 Å². The van der Waals surface area contributed by atoms with Crippen LogP contribution in [-0.4, -0.2) is 18.1 Å². The summed E-state index contributed by atoms with van der Waals surface area (Å²) in [6.45, 7) is 9.16. The molecule has 1 heterocycles. The zero-order chi connectivity index (χ0) is 12.4. The van der Waals surface area contributed by atoms with Crippen LogP contribution in [0, 0.1) is 12.8 Å². The van der Waals surface area contributed by atoms with Gasteiger partial charge in [0.2, 0.25) is 0 Å². The Kier molecular flexibility index (Phi) is 8.12. The third kappa shape index (κ3) is 7.97. The molecule has 1 aromatic heterocycles. The highest BCUT2D eigenvalue weighted by Crippen LogP contribution is 2.07. The molecule has 90 valence electrons. The molecule has 0 fully saturated rings. The fourth-order valence-corrected chi connectivity index (χ4v) is 1.27. The van der Waals surface area contributed by atoms with E-state index in [9.17, 15) is 4.79 Å². The molecule has 0 aliphatic heterocycles. The van der Waals surface area contributed by atoms with Gasteiger partial charge in [-0.05, 0) is 43.9 Å². The first-order valence-corrected chi connectivity index (χ1v) is 5.56. The van der Waals surface area contributed by atoms with Crippen LogP contribution in [0.4, 0.5) is 0 Å².